The number of aryl methyl sites for hydroxylation is 2. The van der Waals surface area contributed by atoms with Crippen molar-refractivity contribution in [3.63, 3.8) is 0 Å². The number of nitrogens with one attached hydrogen (secondary N) is 1. The molecule has 1 atom stereocenters. The molecule has 1 unspecified atom stereocenters. The predicted octanol–water partition coefficient (Wildman–Crippen LogP) is 3.13. The number of likely N-dealkylation sites (N-methyl/N-ethyl adjacent to an activating group) is 1. The van der Waals surface area contributed by atoms with Crippen LogP contribution >= 0.6 is 0 Å². The van der Waals surface area contributed by atoms with Gasteiger partial charge in [0.05, 0.1) is 18.8 Å². The Balaban J connectivity index is 1.97. The summed E-state index contributed by atoms with van der Waals surface area (Å²) in [6, 6.07) is 6.97. The largest absolute Gasteiger partial charge is 0.376 e. The summed E-state index contributed by atoms with van der Waals surface area (Å²) < 4.78 is 5.89. The summed E-state index contributed by atoms with van der Waals surface area (Å²) in [5, 5.41) is 3.34. The Morgan fingerprint density at radius 2 is 2.06 bits per heavy atom. The van der Waals surface area contributed by atoms with Crippen LogP contribution in [0.1, 0.15) is 42.0 Å². The first-order valence-electron chi connectivity index (χ1n) is 6.56. The minimum absolute atomic E-state index is 0.315. The molecule has 0 saturated heterocycles. The third-order valence-corrected chi connectivity index (χ3v) is 3.83. The molecule has 0 amide bonds. The fraction of sp³-hybridized carbons (Fsp3) is 0.600. The molecule has 17 heavy (non-hydrogen) atoms. The topological polar surface area (TPSA) is 21.3 Å². The Labute approximate surface area is 104 Å². The molecule has 0 bridgehead atoms. The van der Waals surface area contributed by atoms with Crippen molar-refractivity contribution in [2.45, 2.75) is 45.3 Å². The maximum atomic E-state index is 5.89. The maximum absolute atomic E-state index is 5.89. The van der Waals surface area contributed by atoms with Crippen molar-refractivity contribution in [2.24, 2.45) is 0 Å². The molecule has 2 rings (SSSR count). The monoisotopic (exact) mass is 233 g/mol. The average molecular weight is 233 g/mol. The summed E-state index contributed by atoms with van der Waals surface area (Å²) in [6.07, 6.45) is 4.32. The number of rotatable bonds is 5. The van der Waals surface area contributed by atoms with Crippen LogP contribution in [0.15, 0.2) is 18.2 Å². The first-order chi connectivity index (χ1) is 8.20. The van der Waals surface area contributed by atoms with Gasteiger partial charge in [0.1, 0.15) is 0 Å². The van der Waals surface area contributed by atoms with Gasteiger partial charge in [-0.25, -0.2) is 0 Å². The van der Waals surface area contributed by atoms with Crippen LogP contribution in [-0.4, -0.2) is 19.8 Å². The zero-order valence-corrected chi connectivity index (χ0v) is 11.1. The van der Waals surface area contributed by atoms with Crippen LogP contribution < -0.4 is 5.32 Å². The molecular weight excluding hydrogens is 210 g/mol. The van der Waals surface area contributed by atoms with Crippen LogP contribution in [-0.2, 0) is 4.74 Å². The highest BCUT2D eigenvalue weighted by Crippen LogP contribution is 2.24. The third-order valence-electron chi connectivity index (χ3n) is 3.83. The lowest BCUT2D eigenvalue weighted by atomic mass is 9.96. The molecule has 1 aliphatic carbocycles. The molecule has 1 aromatic rings. The summed E-state index contributed by atoms with van der Waals surface area (Å²) in [5.41, 5.74) is 4.03. The molecule has 0 spiro atoms. The molecule has 94 valence electrons. The van der Waals surface area contributed by atoms with Crippen LogP contribution in [0.5, 0.6) is 0 Å². The third kappa shape index (κ3) is 3.08. The molecule has 1 N–H and O–H groups in total. The summed E-state index contributed by atoms with van der Waals surface area (Å²) in [7, 11) is 2.00. The highest BCUT2D eigenvalue weighted by atomic mass is 16.5. The highest BCUT2D eigenvalue weighted by molar-refractivity contribution is 5.31. The van der Waals surface area contributed by atoms with Crippen molar-refractivity contribution in [3.8, 4) is 0 Å². The molecule has 2 heteroatoms. The summed E-state index contributed by atoms with van der Waals surface area (Å²) in [6.45, 7) is 5.10. The molecule has 1 fully saturated rings. The lowest BCUT2D eigenvalue weighted by molar-refractivity contribution is -0.00794. The highest BCUT2D eigenvalue weighted by Gasteiger charge is 2.20. The normalized spacial score (nSPS) is 17.8. The van der Waals surface area contributed by atoms with E-state index in [2.05, 4.69) is 37.4 Å². The lowest BCUT2D eigenvalue weighted by Gasteiger charge is -2.28. The fourth-order valence-corrected chi connectivity index (χ4v) is 2.10. The lowest BCUT2D eigenvalue weighted by Crippen LogP contribution is -2.28. The first kappa shape index (κ1) is 12.6. The van der Waals surface area contributed by atoms with Crippen LogP contribution in [0.4, 0.5) is 0 Å². The van der Waals surface area contributed by atoms with E-state index in [0.29, 0.717) is 12.1 Å². The van der Waals surface area contributed by atoms with E-state index in [1.54, 1.807) is 0 Å². The Hall–Kier alpha value is -0.860. The molecule has 0 aromatic heterocycles. The quantitative estimate of drug-likeness (QED) is 0.843. The van der Waals surface area contributed by atoms with E-state index in [-0.39, 0.29) is 0 Å². The number of ether oxygens (including phenoxy) is 1. The second kappa shape index (κ2) is 5.65. The molecule has 0 radical (unpaired) electrons. The van der Waals surface area contributed by atoms with E-state index in [0.717, 1.165) is 6.61 Å². The van der Waals surface area contributed by atoms with Gasteiger partial charge in [-0.05, 0) is 56.8 Å². The Morgan fingerprint density at radius 1 is 1.29 bits per heavy atom. The van der Waals surface area contributed by atoms with Crippen molar-refractivity contribution >= 4 is 0 Å². The second-order valence-electron chi connectivity index (χ2n) is 5.07. The van der Waals surface area contributed by atoms with Crippen molar-refractivity contribution in [3.05, 3.63) is 34.9 Å². The Kier molecular flexibility index (Phi) is 4.19. The molecule has 1 aromatic carbocycles. The van der Waals surface area contributed by atoms with E-state index in [1.807, 2.05) is 7.05 Å². The van der Waals surface area contributed by atoms with Gasteiger partial charge in [0.2, 0.25) is 0 Å². The van der Waals surface area contributed by atoms with E-state index >= 15 is 0 Å². The SMILES string of the molecule is CNC(COC1CCC1)c1ccc(C)c(C)c1. The van der Waals surface area contributed by atoms with E-state index < -0.39 is 0 Å². The van der Waals surface area contributed by atoms with Gasteiger partial charge in [0.25, 0.3) is 0 Å². The van der Waals surface area contributed by atoms with Crippen molar-refractivity contribution < 1.29 is 4.74 Å². The molecule has 1 aliphatic rings. The summed E-state index contributed by atoms with van der Waals surface area (Å²) in [4.78, 5) is 0. The first-order valence-corrected chi connectivity index (χ1v) is 6.56. The number of hydrogen-bond acceptors (Lipinski definition) is 2. The van der Waals surface area contributed by atoms with Crippen molar-refractivity contribution in [1.29, 1.82) is 0 Å². The Morgan fingerprint density at radius 3 is 2.59 bits per heavy atom. The zero-order valence-electron chi connectivity index (χ0n) is 11.1. The molecule has 0 heterocycles. The van der Waals surface area contributed by atoms with E-state index in [4.69, 9.17) is 4.74 Å². The van der Waals surface area contributed by atoms with Crippen LogP contribution in [0.2, 0.25) is 0 Å². The maximum Gasteiger partial charge on any atom is 0.0665 e. The van der Waals surface area contributed by atoms with Crippen LogP contribution in [0, 0.1) is 13.8 Å². The van der Waals surface area contributed by atoms with E-state index in [1.165, 1.54) is 36.0 Å². The Bertz CT molecular complexity index is 371. The summed E-state index contributed by atoms with van der Waals surface area (Å²) in [5.74, 6) is 0. The van der Waals surface area contributed by atoms with Gasteiger partial charge in [0.15, 0.2) is 0 Å². The zero-order chi connectivity index (χ0) is 12.3. The molecule has 0 aliphatic heterocycles. The smallest absolute Gasteiger partial charge is 0.0665 e. The van der Waals surface area contributed by atoms with Gasteiger partial charge >= 0.3 is 0 Å². The predicted molar refractivity (Wildman–Crippen MR) is 71.3 cm³/mol. The molecule has 2 nitrogen and oxygen atoms in total. The van der Waals surface area contributed by atoms with Gasteiger partial charge in [0, 0.05) is 0 Å². The number of hydrogen-bond donors (Lipinski definition) is 1. The van der Waals surface area contributed by atoms with Crippen molar-refractivity contribution in [2.75, 3.05) is 13.7 Å². The van der Waals surface area contributed by atoms with Gasteiger partial charge < -0.3 is 10.1 Å². The van der Waals surface area contributed by atoms with Crippen molar-refractivity contribution in [1.82, 2.24) is 5.32 Å². The van der Waals surface area contributed by atoms with E-state index in [9.17, 15) is 0 Å². The van der Waals surface area contributed by atoms with Crippen LogP contribution in [0.25, 0.3) is 0 Å². The van der Waals surface area contributed by atoms with Gasteiger partial charge in [-0.1, -0.05) is 18.2 Å². The average Bonchev–Trinajstić information content (AvgIpc) is 2.26. The minimum atomic E-state index is 0.315. The van der Waals surface area contributed by atoms with Crippen LogP contribution in [0.3, 0.4) is 0 Å². The number of benzene rings is 1. The van der Waals surface area contributed by atoms with Gasteiger partial charge in [-0.15, -0.1) is 0 Å². The molecular formula is C15H23NO. The minimum Gasteiger partial charge on any atom is -0.376 e. The summed E-state index contributed by atoms with van der Waals surface area (Å²) >= 11 is 0. The van der Waals surface area contributed by atoms with Gasteiger partial charge in [-0.2, -0.15) is 0 Å². The van der Waals surface area contributed by atoms with Gasteiger partial charge in [-0.3, -0.25) is 0 Å². The molecule has 1 saturated carbocycles. The second-order valence-corrected chi connectivity index (χ2v) is 5.07. The standard InChI is InChI=1S/C15H23NO/c1-11-7-8-13(9-12(11)2)15(16-3)10-17-14-5-4-6-14/h7-9,14-16H,4-6,10H2,1-3H3. The fourth-order valence-electron chi connectivity index (χ4n) is 2.10.